The Kier molecular flexibility index (Phi) is 4.01. The Morgan fingerprint density at radius 3 is 2.67 bits per heavy atom. The lowest BCUT2D eigenvalue weighted by Gasteiger charge is -2.27. The third kappa shape index (κ3) is 3.64. The van der Waals surface area contributed by atoms with Crippen LogP contribution in [-0.4, -0.2) is 49.0 Å². The number of hydrogen-bond acceptors (Lipinski definition) is 6. The van der Waals surface area contributed by atoms with Gasteiger partial charge in [0, 0.05) is 30.9 Å². The van der Waals surface area contributed by atoms with Crippen LogP contribution in [0.3, 0.4) is 0 Å². The summed E-state index contributed by atoms with van der Waals surface area (Å²) in [6.07, 6.45) is 4.29. The molecule has 1 unspecified atom stereocenters. The van der Waals surface area contributed by atoms with E-state index in [-0.39, 0.29) is 17.5 Å². The molecule has 1 N–H and O–H groups in total. The first-order valence-corrected chi connectivity index (χ1v) is 9.42. The van der Waals surface area contributed by atoms with E-state index in [1.54, 1.807) is 0 Å². The molecule has 0 bridgehead atoms. The smallest absolute Gasteiger partial charge is 0.227 e. The second kappa shape index (κ2) is 5.79. The molecule has 1 aromatic rings. The van der Waals surface area contributed by atoms with Gasteiger partial charge in [0.05, 0.1) is 11.5 Å². The van der Waals surface area contributed by atoms with Gasteiger partial charge in [-0.05, 0) is 32.6 Å². The van der Waals surface area contributed by atoms with E-state index < -0.39 is 9.84 Å². The molecule has 116 valence electrons. The van der Waals surface area contributed by atoms with Crippen LogP contribution < -0.4 is 10.2 Å². The molecule has 2 aliphatic rings. The maximum atomic E-state index is 11.5. The van der Waals surface area contributed by atoms with E-state index in [2.05, 4.69) is 20.2 Å². The van der Waals surface area contributed by atoms with Gasteiger partial charge in [-0.15, -0.1) is 0 Å². The number of anilines is 2. The summed E-state index contributed by atoms with van der Waals surface area (Å²) in [5, 5.41) is 3.26. The van der Waals surface area contributed by atoms with Crippen LogP contribution in [0.1, 0.15) is 31.4 Å². The second-order valence-electron chi connectivity index (χ2n) is 5.99. The Labute approximate surface area is 125 Å². The molecule has 3 heterocycles. The van der Waals surface area contributed by atoms with Crippen molar-refractivity contribution in [3.05, 3.63) is 11.8 Å². The minimum atomic E-state index is -2.87. The third-order valence-corrected chi connectivity index (χ3v) is 5.83. The molecular formula is C14H22N4O2S. The number of nitrogens with one attached hydrogen (secondary N) is 1. The molecular weight excluding hydrogens is 288 g/mol. The van der Waals surface area contributed by atoms with Crippen LogP contribution in [0.2, 0.25) is 0 Å². The van der Waals surface area contributed by atoms with Gasteiger partial charge in [0.25, 0.3) is 0 Å². The zero-order valence-electron chi connectivity index (χ0n) is 12.4. The Hall–Kier alpha value is -1.37. The lowest BCUT2D eigenvalue weighted by atomic mass is 10.1. The van der Waals surface area contributed by atoms with Crippen LogP contribution in [0.4, 0.5) is 11.8 Å². The number of sulfone groups is 1. The highest BCUT2D eigenvalue weighted by Gasteiger charge is 2.28. The van der Waals surface area contributed by atoms with E-state index in [1.165, 1.54) is 19.3 Å². The second-order valence-corrected chi connectivity index (χ2v) is 8.22. The molecule has 1 atom stereocenters. The van der Waals surface area contributed by atoms with Crippen molar-refractivity contribution in [3.8, 4) is 0 Å². The SMILES string of the molecule is Cc1cc(NC2CCS(=O)(=O)C2)nc(N2CCCCC2)n1. The minimum absolute atomic E-state index is 0.0292. The van der Waals surface area contributed by atoms with Crippen LogP contribution in [0.5, 0.6) is 0 Å². The van der Waals surface area contributed by atoms with Crippen molar-refractivity contribution >= 4 is 21.6 Å². The van der Waals surface area contributed by atoms with Crippen LogP contribution >= 0.6 is 0 Å². The normalized spacial score (nSPS) is 25.0. The van der Waals surface area contributed by atoms with Gasteiger partial charge in [-0.2, -0.15) is 4.98 Å². The average molecular weight is 310 g/mol. The van der Waals surface area contributed by atoms with Crippen molar-refractivity contribution in [2.75, 3.05) is 34.8 Å². The molecule has 3 rings (SSSR count). The van der Waals surface area contributed by atoms with Gasteiger partial charge in [-0.3, -0.25) is 0 Å². The zero-order valence-corrected chi connectivity index (χ0v) is 13.2. The molecule has 0 radical (unpaired) electrons. The molecule has 1 aromatic heterocycles. The van der Waals surface area contributed by atoms with Crippen LogP contribution in [0, 0.1) is 6.92 Å². The summed E-state index contributed by atoms with van der Waals surface area (Å²) in [4.78, 5) is 11.3. The molecule has 2 saturated heterocycles. The van der Waals surface area contributed by atoms with Crippen molar-refractivity contribution in [2.24, 2.45) is 0 Å². The minimum Gasteiger partial charge on any atom is -0.366 e. The van der Waals surface area contributed by atoms with E-state index in [0.717, 1.165) is 30.5 Å². The Bertz CT molecular complexity index is 611. The van der Waals surface area contributed by atoms with Crippen molar-refractivity contribution in [1.29, 1.82) is 0 Å². The first-order valence-electron chi connectivity index (χ1n) is 7.59. The Morgan fingerprint density at radius 1 is 1.24 bits per heavy atom. The summed E-state index contributed by atoms with van der Waals surface area (Å²) in [5.41, 5.74) is 0.911. The van der Waals surface area contributed by atoms with Gasteiger partial charge in [0.15, 0.2) is 9.84 Å². The molecule has 0 amide bonds. The summed E-state index contributed by atoms with van der Waals surface area (Å²) in [6, 6.07) is 1.86. The molecule has 0 aliphatic carbocycles. The topological polar surface area (TPSA) is 75.2 Å². The quantitative estimate of drug-likeness (QED) is 0.909. The van der Waals surface area contributed by atoms with E-state index in [9.17, 15) is 8.42 Å². The predicted octanol–water partition coefficient (Wildman–Crippen LogP) is 1.37. The summed E-state index contributed by atoms with van der Waals surface area (Å²) < 4.78 is 23.1. The Morgan fingerprint density at radius 2 is 2.00 bits per heavy atom. The number of rotatable bonds is 3. The van der Waals surface area contributed by atoms with Gasteiger partial charge < -0.3 is 10.2 Å². The fraction of sp³-hybridized carbons (Fsp3) is 0.714. The Balaban J connectivity index is 1.75. The van der Waals surface area contributed by atoms with Crippen molar-refractivity contribution < 1.29 is 8.42 Å². The van der Waals surface area contributed by atoms with E-state index >= 15 is 0 Å². The first kappa shape index (κ1) is 14.6. The summed E-state index contributed by atoms with van der Waals surface area (Å²) in [7, 11) is -2.87. The standard InChI is InChI=1S/C14H22N4O2S/c1-11-9-13(16-12-5-8-21(19,20)10-12)17-14(15-11)18-6-3-2-4-7-18/h9,12H,2-8,10H2,1H3,(H,15,16,17). The lowest BCUT2D eigenvalue weighted by Crippen LogP contribution is -2.31. The summed E-state index contributed by atoms with van der Waals surface area (Å²) >= 11 is 0. The van der Waals surface area contributed by atoms with Crippen molar-refractivity contribution in [2.45, 2.75) is 38.6 Å². The number of hydrogen-bond donors (Lipinski definition) is 1. The monoisotopic (exact) mass is 310 g/mol. The fourth-order valence-corrected chi connectivity index (χ4v) is 4.65. The van der Waals surface area contributed by atoms with Gasteiger partial charge >= 0.3 is 0 Å². The molecule has 7 heteroatoms. The van der Waals surface area contributed by atoms with E-state index in [4.69, 9.17) is 0 Å². The molecule has 0 aromatic carbocycles. The predicted molar refractivity (Wildman–Crippen MR) is 83.5 cm³/mol. The molecule has 21 heavy (non-hydrogen) atoms. The third-order valence-electron chi connectivity index (χ3n) is 4.07. The van der Waals surface area contributed by atoms with Crippen molar-refractivity contribution in [1.82, 2.24) is 9.97 Å². The summed E-state index contributed by atoms with van der Waals surface area (Å²) in [5.74, 6) is 1.98. The molecule has 0 spiro atoms. The maximum Gasteiger partial charge on any atom is 0.227 e. The van der Waals surface area contributed by atoms with E-state index in [1.807, 2.05) is 13.0 Å². The zero-order chi connectivity index (χ0) is 14.9. The van der Waals surface area contributed by atoms with Crippen LogP contribution in [-0.2, 0) is 9.84 Å². The fourth-order valence-electron chi connectivity index (χ4n) is 2.98. The van der Waals surface area contributed by atoms with Crippen LogP contribution in [0.15, 0.2) is 6.07 Å². The van der Waals surface area contributed by atoms with Gasteiger partial charge in [-0.25, -0.2) is 13.4 Å². The maximum absolute atomic E-state index is 11.5. The first-order chi connectivity index (χ1) is 10.0. The van der Waals surface area contributed by atoms with E-state index in [0.29, 0.717) is 6.42 Å². The highest BCUT2D eigenvalue weighted by atomic mass is 32.2. The van der Waals surface area contributed by atoms with Crippen molar-refractivity contribution in [3.63, 3.8) is 0 Å². The molecule has 0 saturated carbocycles. The highest BCUT2D eigenvalue weighted by molar-refractivity contribution is 7.91. The van der Waals surface area contributed by atoms with Gasteiger partial charge in [-0.1, -0.05) is 0 Å². The number of nitrogens with zero attached hydrogens (tertiary/aromatic N) is 3. The average Bonchev–Trinajstić information content (AvgIpc) is 2.78. The molecule has 2 aliphatic heterocycles. The van der Waals surface area contributed by atoms with Gasteiger partial charge in [0.2, 0.25) is 5.95 Å². The molecule has 2 fully saturated rings. The number of aryl methyl sites for hydroxylation is 1. The number of piperidine rings is 1. The highest BCUT2D eigenvalue weighted by Crippen LogP contribution is 2.21. The largest absolute Gasteiger partial charge is 0.366 e. The number of aromatic nitrogens is 2. The summed E-state index contributed by atoms with van der Waals surface area (Å²) in [6.45, 7) is 3.95. The van der Waals surface area contributed by atoms with Gasteiger partial charge in [0.1, 0.15) is 5.82 Å². The lowest BCUT2D eigenvalue weighted by molar-refractivity contribution is 0.567. The molecule has 6 nitrogen and oxygen atoms in total. The van der Waals surface area contributed by atoms with Crippen LogP contribution in [0.25, 0.3) is 0 Å².